The standard InChI is InChI=1S/C17H17FO2/c1-2-6-16(18)13-9-11-15(12-10-13)20-17(19)14-7-4-3-5-8-14/h3-5,7-12,16H,2,6H2,1H3. The zero-order chi connectivity index (χ0) is 14.4. The second kappa shape index (κ2) is 6.85. The van der Waals surface area contributed by atoms with Crippen LogP contribution in [-0.4, -0.2) is 5.97 Å². The van der Waals surface area contributed by atoms with E-state index in [1.165, 1.54) is 0 Å². The van der Waals surface area contributed by atoms with Crippen molar-refractivity contribution in [3.05, 3.63) is 65.7 Å². The van der Waals surface area contributed by atoms with Gasteiger partial charge in [-0.15, -0.1) is 0 Å². The van der Waals surface area contributed by atoms with Gasteiger partial charge in [-0.1, -0.05) is 43.7 Å². The predicted molar refractivity (Wildman–Crippen MR) is 76.6 cm³/mol. The zero-order valence-electron chi connectivity index (χ0n) is 11.4. The fourth-order valence-electron chi connectivity index (χ4n) is 1.91. The Bertz CT molecular complexity index is 549. The largest absolute Gasteiger partial charge is 0.423 e. The van der Waals surface area contributed by atoms with E-state index in [0.717, 1.165) is 6.42 Å². The van der Waals surface area contributed by atoms with Crippen molar-refractivity contribution in [3.8, 4) is 5.75 Å². The van der Waals surface area contributed by atoms with Crippen LogP contribution >= 0.6 is 0 Å². The highest BCUT2D eigenvalue weighted by atomic mass is 19.1. The van der Waals surface area contributed by atoms with Crippen LogP contribution in [0.15, 0.2) is 54.6 Å². The Hall–Kier alpha value is -2.16. The third-order valence-electron chi connectivity index (χ3n) is 3.00. The molecule has 0 aliphatic rings. The van der Waals surface area contributed by atoms with E-state index in [-0.39, 0.29) is 0 Å². The summed E-state index contributed by atoms with van der Waals surface area (Å²) in [7, 11) is 0. The van der Waals surface area contributed by atoms with Gasteiger partial charge in [0.2, 0.25) is 0 Å². The van der Waals surface area contributed by atoms with Crippen molar-refractivity contribution >= 4 is 5.97 Å². The molecule has 2 rings (SSSR count). The Morgan fingerprint density at radius 3 is 2.35 bits per heavy atom. The molecular weight excluding hydrogens is 255 g/mol. The van der Waals surface area contributed by atoms with Gasteiger partial charge in [0.15, 0.2) is 0 Å². The van der Waals surface area contributed by atoms with Crippen molar-refractivity contribution < 1.29 is 13.9 Å². The minimum Gasteiger partial charge on any atom is -0.423 e. The topological polar surface area (TPSA) is 26.3 Å². The lowest BCUT2D eigenvalue weighted by Crippen LogP contribution is -2.08. The molecule has 0 radical (unpaired) electrons. The van der Waals surface area contributed by atoms with E-state index >= 15 is 0 Å². The number of benzene rings is 2. The number of hydrogen-bond acceptors (Lipinski definition) is 2. The highest BCUT2D eigenvalue weighted by Gasteiger charge is 2.10. The van der Waals surface area contributed by atoms with Crippen LogP contribution in [0, 0.1) is 0 Å². The smallest absolute Gasteiger partial charge is 0.343 e. The average Bonchev–Trinajstić information content (AvgIpc) is 2.49. The molecule has 0 bridgehead atoms. The summed E-state index contributed by atoms with van der Waals surface area (Å²) in [5.74, 6) is 0.00927. The number of halogens is 1. The van der Waals surface area contributed by atoms with Crippen LogP contribution in [0.2, 0.25) is 0 Å². The molecule has 0 aliphatic carbocycles. The minimum atomic E-state index is -0.959. The lowest BCUT2D eigenvalue weighted by atomic mass is 10.1. The fraction of sp³-hybridized carbons (Fsp3) is 0.235. The van der Waals surface area contributed by atoms with Gasteiger partial charge in [-0.05, 0) is 36.2 Å². The van der Waals surface area contributed by atoms with Gasteiger partial charge in [-0.2, -0.15) is 0 Å². The molecule has 2 aromatic carbocycles. The first-order valence-corrected chi connectivity index (χ1v) is 6.72. The summed E-state index contributed by atoms with van der Waals surface area (Å²) >= 11 is 0. The van der Waals surface area contributed by atoms with Crippen LogP contribution in [0.3, 0.4) is 0 Å². The van der Waals surface area contributed by atoms with E-state index in [2.05, 4.69) is 0 Å². The summed E-state index contributed by atoms with van der Waals surface area (Å²) in [6.07, 6.45) is 0.341. The normalized spacial score (nSPS) is 11.9. The first-order valence-electron chi connectivity index (χ1n) is 6.72. The van der Waals surface area contributed by atoms with E-state index in [4.69, 9.17) is 4.74 Å². The summed E-state index contributed by atoms with van der Waals surface area (Å²) in [6, 6.07) is 15.3. The predicted octanol–water partition coefficient (Wildman–Crippen LogP) is 4.72. The molecule has 0 heterocycles. The molecule has 0 N–H and O–H groups in total. The van der Waals surface area contributed by atoms with E-state index in [0.29, 0.717) is 23.3 Å². The van der Waals surface area contributed by atoms with Gasteiger partial charge in [-0.25, -0.2) is 9.18 Å². The Kier molecular flexibility index (Phi) is 4.88. The number of hydrogen-bond donors (Lipinski definition) is 0. The summed E-state index contributed by atoms with van der Waals surface area (Å²) in [6.45, 7) is 1.95. The van der Waals surface area contributed by atoms with E-state index in [1.54, 1.807) is 48.5 Å². The number of esters is 1. The van der Waals surface area contributed by atoms with Crippen LogP contribution in [0.5, 0.6) is 5.75 Å². The minimum absolute atomic E-state index is 0.413. The Labute approximate surface area is 118 Å². The Morgan fingerprint density at radius 2 is 1.75 bits per heavy atom. The Morgan fingerprint density at radius 1 is 1.10 bits per heavy atom. The molecule has 0 spiro atoms. The van der Waals surface area contributed by atoms with Gasteiger partial charge in [0.25, 0.3) is 0 Å². The molecule has 104 valence electrons. The molecule has 0 aliphatic heterocycles. The highest BCUT2D eigenvalue weighted by Crippen LogP contribution is 2.24. The lowest BCUT2D eigenvalue weighted by Gasteiger charge is -2.08. The number of carbonyl (C=O) groups is 1. The van der Waals surface area contributed by atoms with Gasteiger partial charge in [0, 0.05) is 0 Å². The molecule has 3 heteroatoms. The number of carbonyl (C=O) groups excluding carboxylic acids is 1. The molecule has 0 saturated carbocycles. The molecule has 0 saturated heterocycles. The van der Waals surface area contributed by atoms with Crippen LogP contribution in [0.4, 0.5) is 4.39 Å². The first-order chi connectivity index (χ1) is 9.70. The molecule has 1 atom stereocenters. The molecule has 0 aromatic heterocycles. The van der Waals surface area contributed by atoms with Crippen molar-refractivity contribution in [1.82, 2.24) is 0 Å². The third-order valence-corrected chi connectivity index (χ3v) is 3.00. The van der Waals surface area contributed by atoms with E-state index < -0.39 is 12.1 Å². The summed E-state index contributed by atoms with van der Waals surface area (Å²) in [4.78, 5) is 11.8. The van der Waals surface area contributed by atoms with E-state index in [9.17, 15) is 9.18 Å². The van der Waals surface area contributed by atoms with Crippen molar-refractivity contribution in [2.24, 2.45) is 0 Å². The molecular formula is C17H17FO2. The van der Waals surface area contributed by atoms with Crippen LogP contribution < -0.4 is 4.74 Å². The van der Waals surface area contributed by atoms with Gasteiger partial charge >= 0.3 is 5.97 Å². The number of rotatable bonds is 5. The Balaban J connectivity index is 2.02. The van der Waals surface area contributed by atoms with Crippen molar-refractivity contribution in [2.45, 2.75) is 25.9 Å². The average molecular weight is 272 g/mol. The second-order valence-corrected chi connectivity index (χ2v) is 4.58. The summed E-state index contributed by atoms with van der Waals surface area (Å²) in [5, 5.41) is 0. The molecule has 1 unspecified atom stereocenters. The number of ether oxygens (including phenoxy) is 1. The summed E-state index contributed by atoms with van der Waals surface area (Å²) < 4.78 is 18.9. The quantitative estimate of drug-likeness (QED) is 0.581. The third kappa shape index (κ3) is 3.67. The highest BCUT2D eigenvalue weighted by molar-refractivity contribution is 5.90. The molecule has 2 nitrogen and oxygen atoms in total. The first kappa shape index (κ1) is 14.3. The molecule has 0 fully saturated rings. The van der Waals surface area contributed by atoms with Gasteiger partial charge < -0.3 is 4.74 Å². The SMILES string of the molecule is CCCC(F)c1ccc(OC(=O)c2ccccc2)cc1. The molecule has 20 heavy (non-hydrogen) atoms. The molecule has 0 amide bonds. The fourth-order valence-corrected chi connectivity index (χ4v) is 1.91. The second-order valence-electron chi connectivity index (χ2n) is 4.58. The van der Waals surface area contributed by atoms with Crippen LogP contribution in [-0.2, 0) is 0 Å². The zero-order valence-corrected chi connectivity index (χ0v) is 11.4. The van der Waals surface area contributed by atoms with Crippen LogP contribution in [0.1, 0.15) is 41.9 Å². The van der Waals surface area contributed by atoms with Crippen LogP contribution in [0.25, 0.3) is 0 Å². The van der Waals surface area contributed by atoms with Gasteiger partial charge in [0.1, 0.15) is 11.9 Å². The lowest BCUT2D eigenvalue weighted by molar-refractivity contribution is 0.0734. The van der Waals surface area contributed by atoms with Crippen molar-refractivity contribution in [3.63, 3.8) is 0 Å². The monoisotopic (exact) mass is 272 g/mol. The maximum Gasteiger partial charge on any atom is 0.343 e. The molecule has 2 aromatic rings. The number of alkyl halides is 1. The van der Waals surface area contributed by atoms with E-state index in [1.807, 2.05) is 13.0 Å². The van der Waals surface area contributed by atoms with Crippen molar-refractivity contribution in [2.75, 3.05) is 0 Å². The summed E-state index contributed by atoms with van der Waals surface area (Å²) in [5.41, 5.74) is 1.11. The van der Waals surface area contributed by atoms with Crippen molar-refractivity contribution in [1.29, 1.82) is 0 Å². The maximum absolute atomic E-state index is 13.7. The van der Waals surface area contributed by atoms with Gasteiger partial charge in [-0.3, -0.25) is 0 Å². The van der Waals surface area contributed by atoms with Gasteiger partial charge in [0.05, 0.1) is 5.56 Å². The maximum atomic E-state index is 13.7.